The average Bonchev–Trinajstić information content (AvgIpc) is 2.70. The number of hydrogen-bond donors (Lipinski definition) is 6. The number of carbonyl (C=O) groups excluding carboxylic acids is 2. The van der Waals surface area contributed by atoms with Crippen LogP contribution in [0.5, 0.6) is 0 Å². The van der Waals surface area contributed by atoms with Crippen molar-refractivity contribution in [3.8, 4) is 6.07 Å². The summed E-state index contributed by atoms with van der Waals surface area (Å²) in [7, 11) is 0. The second-order valence-corrected chi connectivity index (χ2v) is 9.45. The van der Waals surface area contributed by atoms with Crippen LogP contribution in [0, 0.1) is 11.3 Å². The molecule has 1 unspecified atom stereocenters. The first-order valence-corrected chi connectivity index (χ1v) is 11.1. The zero-order valence-corrected chi connectivity index (χ0v) is 20.8. The highest BCUT2D eigenvalue weighted by atomic mass is 32.1. The van der Waals surface area contributed by atoms with Crippen LogP contribution >= 0.6 is 25.3 Å². The second-order valence-electron chi connectivity index (χ2n) is 8.48. The zero-order chi connectivity index (χ0) is 24.9. The summed E-state index contributed by atoms with van der Waals surface area (Å²) in [5.74, 6) is -0.239. The Labute approximate surface area is 204 Å². The Hall–Kier alpha value is -3.03. The van der Waals surface area contributed by atoms with E-state index in [0.717, 1.165) is 12.1 Å². The minimum absolute atomic E-state index is 0.0655. The smallest absolute Gasteiger partial charge is 0.339 e. The number of nitriles is 1. The molecular weight excluding hydrogens is 458 g/mol. The van der Waals surface area contributed by atoms with E-state index in [9.17, 15) is 9.59 Å². The third-order valence-electron chi connectivity index (χ3n) is 4.99. The molecule has 0 bridgehead atoms. The number of nitrogens with zero attached hydrogens (tertiary/aromatic N) is 1. The van der Waals surface area contributed by atoms with E-state index in [1.165, 1.54) is 24.6 Å². The topological polar surface area (TPSA) is 143 Å². The molecule has 2 aromatic carbocycles. The quantitative estimate of drug-likeness (QED) is 0.213. The standard InChI is InChI=1S/C14H21N3O.C9H8N2O2S2/c1-8-7-14(3,4)17-12-6-13(16-9(2)18)11(15)5-10(8)12;10-1-2-13-9(12)5-3-6(14)8(11)7(15)4-5/h5-6,8,17H,7,15H2,1-4H3,(H,16,18);3-4,14-15H,2,11H2. The Bertz CT molecular complexity index is 1090. The minimum Gasteiger partial charge on any atom is -0.447 e. The van der Waals surface area contributed by atoms with Crippen molar-refractivity contribution in [1.82, 2.24) is 0 Å². The largest absolute Gasteiger partial charge is 0.447 e. The van der Waals surface area contributed by atoms with E-state index in [1.54, 1.807) is 6.07 Å². The van der Waals surface area contributed by atoms with Gasteiger partial charge in [0.1, 0.15) is 6.07 Å². The van der Waals surface area contributed by atoms with Gasteiger partial charge in [-0.25, -0.2) is 4.79 Å². The van der Waals surface area contributed by atoms with E-state index in [0.29, 0.717) is 32.8 Å². The maximum absolute atomic E-state index is 11.3. The molecule has 0 saturated heterocycles. The van der Waals surface area contributed by atoms with Gasteiger partial charge in [0.05, 0.1) is 22.6 Å². The van der Waals surface area contributed by atoms with Gasteiger partial charge in [0.2, 0.25) is 5.91 Å². The lowest BCUT2D eigenvalue weighted by Crippen LogP contribution is -2.36. The van der Waals surface area contributed by atoms with Gasteiger partial charge in [-0.3, -0.25) is 4.79 Å². The normalized spacial score (nSPS) is 15.6. The Morgan fingerprint density at radius 3 is 2.39 bits per heavy atom. The van der Waals surface area contributed by atoms with Crippen LogP contribution in [0.15, 0.2) is 34.1 Å². The van der Waals surface area contributed by atoms with Crippen LogP contribution in [-0.4, -0.2) is 24.0 Å². The second kappa shape index (κ2) is 10.7. The first kappa shape index (κ1) is 26.2. The van der Waals surface area contributed by atoms with Crippen molar-refractivity contribution in [2.75, 3.05) is 28.7 Å². The van der Waals surface area contributed by atoms with Gasteiger partial charge in [-0.05, 0) is 56.0 Å². The molecular formula is C23H29N5O3S2. The molecule has 1 atom stereocenters. The molecule has 176 valence electrons. The number of rotatable bonds is 3. The number of esters is 1. The highest BCUT2D eigenvalue weighted by Crippen LogP contribution is 2.41. The van der Waals surface area contributed by atoms with E-state index in [2.05, 4.69) is 61.4 Å². The van der Waals surface area contributed by atoms with E-state index in [-0.39, 0.29) is 23.6 Å². The number of benzene rings is 2. The Morgan fingerprint density at radius 1 is 1.24 bits per heavy atom. The van der Waals surface area contributed by atoms with Gasteiger partial charge in [0.25, 0.3) is 0 Å². The monoisotopic (exact) mass is 487 g/mol. The van der Waals surface area contributed by atoms with Crippen molar-refractivity contribution in [2.45, 2.75) is 55.4 Å². The van der Waals surface area contributed by atoms with Crippen LogP contribution < -0.4 is 22.1 Å². The molecule has 0 saturated carbocycles. The third kappa shape index (κ3) is 6.97. The fourth-order valence-corrected chi connectivity index (χ4v) is 4.27. The number of fused-ring (bicyclic) bond motifs is 1. The number of hydrogen-bond acceptors (Lipinski definition) is 9. The lowest BCUT2D eigenvalue weighted by molar-refractivity contribution is -0.114. The summed E-state index contributed by atoms with van der Waals surface area (Å²) >= 11 is 8.15. The number of nitrogens with one attached hydrogen (secondary N) is 2. The molecule has 0 fully saturated rings. The molecule has 2 aromatic rings. The summed E-state index contributed by atoms with van der Waals surface area (Å²) in [6.07, 6.45) is 1.07. The van der Waals surface area contributed by atoms with E-state index in [4.69, 9.17) is 16.7 Å². The van der Waals surface area contributed by atoms with Crippen molar-refractivity contribution >= 4 is 59.9 Å². The molecule has 1 aliphatic rings. The van der Waals surface area contributed by atoms with E-state index >= 15 is 0 Å². The fourth-order valence-electron chi connectivity index (χ4n) is 3.66. The summed E-state index contributed by atoms with van der Waals surface area (Å²) < 4.78 is 4.62. The van der Waals surface area contributed by atoms with Crippen molar-refractivity contribution in [3.05, 3.63) is 35.4 Å². The highest BCUT2D eigenvalue weighted by Gasteiger charge is 2.29. The number of nitrogens with two attached hydrogens (primary N) is 2. The minimum atomic E-state index is -0.595. The number of anilines is 4. The molecule has 1 heterocycles. The molecule has 0 aromatic heterocycles. The van der Waals surface area contributed by atoms with Crippen LogP contribution in [0.25, 0.3) is 0 Å². The van der Waals surface area contributed by atoms with Crippen molar-refractivity contribution in [1.29, 1.82) is 5.26 Å². The maximum atomic E-state index is 11.3. The molecule has 33 heavy (non-hydrogen) atoms. The highest BCUT2D eigenvalue weighted by molar-refractivity contribution is 7.81. The van der Waals surface area contributed by atoms with Gasteiger partial charge in [0.15, 0.2) is 6.61 Å². The summed E-state index contributed by atoms with van der Waals surface area (Å²) in [6, 6.07) is 8.54. The van der Waals surface area contributed by atoms with Crippen LogP contribution in [0.3, 0.4) is 0 Å². The molecule has 0 aliphatic carbocycles. The molecule has 6 N–H and O–H groups in total. The number of thiol groups is 2. The fraction of sp³-hybridized carbons (Fsp3) is 0.348. The van der Waals surface area contributed by atoms with Crippen molar-refractivity contribution in [2.24, 2.45) is 0 Å². The van der Waals surface area contributed by atoms with Crippen molar-refractivity contribution < 1.29 is 14.3 Å². The predicted octanol–water partition coefficient (Wildman–Crippen LogP) is 4.45. The number of nitrogen functional groups attached to an aromatic ring is 2. The zero-order valence-electron chi connectivity index (χ0n) is 19.0. The Kier molecular flexibility index (Phi) is 8.52. The van der Waals surface area contributed by atoms with Crippen molar-refractivity contribution in [3.63, 3.8) is 0 Å². The third-order valence-corrected chi connectivity index (χ3v) is 5.73. The molecule has 8 nitrogen and oxygen atoms in total. The summed E-state index contributed by atoms with van der Waals surface area (Å²) in [4.78, 5) is 23.4. The lowest BCUT2D eigenvalue weighted by atomic mass is 9.81. The molecule has 1 amide bonds. The number of amides is 1. The van der Waals surface area contributed by atoms with Gasteiger partial charge >= 0.3 is 5.97 Å². The average molecular weight is 488 g/mol. The van der Waals surface area contributed by atoms with E-state index < -0.39 is 5.97 Å². The van der Waals surface area contributed by atoms with Crippen LogP contribution in [0.2, 0.25) is 0 Å². The summed E-state index contributed by atoms with van der Waals surface area (Å²) in [6.45, 7) is 7.77. The summed E-state index contributed by atoms with van der Waals surface area (Å²) in [5.41, 5.74) is 15.9. The van der Waals surface area contributed by atoms with Gasteiger partial charge in [-0.15, -0.1) is 25.3 Å². The van der Waals surface area contributed by atoms with Crippen LogP contribution in [0.4, 0.5) is 22.7 Å². The van der Waals surface area contributed by atoms with Gasteiger partial charge in [-0.2, -0.15) is 5.26 Å². The van der Waals surface area contributed by atoms with Gasteiger partial charge in [-0.1, -0.05) is 6.92 Å². The molecule has 0 spiro atoms. The molecule has 10 heteroatoms. The Balaban J connectivity index is 0.000000238. The Morgan fingerprint density at radius 2 is 1.85 bits per heavy atom. The van der Waals surface area contributed by atoms with Crippen LogP contribution in [-0.2, 0) is 9.53 Å². The summed E-state index contributed by atoms with van der Waals surface area (Å²) in [5, 5.41) is 14.5. The van der Waals surface area contributed by atoms with Gasteiger partial charge < -0.3 is 26.8 Å². The molecule has 1 aliphatic heterocycles. The maximum Gasteiger partial charge on any atom is 0.339 e. The van der Waals surface area contributed by atoms with Crippen LogP contribution in [0.1, 0.15) is 56.0 Å². The molecule has 3 rings (SSSR count). The lowest BCUT2D eigenvalue weighted by Gasteiger charge is -2.38. The van der Waals surface area contributed by atoms with Gasteiger partial charge in [0, 0.05) is 27.9 Å². The predicted molar refractivity (Wildman–Crippen MR) is 137 cm³/mol. The number of carbonyl (C=O) groups is 2. The first-order chi connectivity index (χ1) is 15.3. The SMILES string of the molecule is CC(=O)Nc1cc2c(cc1N)C(C)CC(C)(C)N2.N#CCOC(=O)c1cc(S)c(N)c(S)c1. The first-order valence-electron chi connectivity index (χ1n) is 10.2. The number of ether oxygens (including phenoxy) is 1. The van der Waals surface area contributed by atoms with E-state index in [1.807, 2.05) is 12.1 Å². The molecule has 0 radical (unpaired) electrons.